The fourth-order valence-corrected chi connectivity index (χ4v) is 4.84. The van der Waals surface area contributed by atoms with E-state index in [-0.39, 0.29) is 11.8 Å². The lowest BCUT2D eigenvalue weighted by atomic mass is 9.95. The molecule has 6 heteroatoms. The molecule has 162 valence electrons. The number of nitrogens with one attached hydrogen (secondary N) is 1. The highest BCUT2D eigenvalue weighted by molar-refractivity contribution is 7.98. The summed E-state index contributed by atoms with van der Waals surface area (Å²) in [6.45, 7) is 6.21. The van der Waals surface area contributed by atoms with E-state index < -0.39 is 0 Å². The monoisotopic (exact) mass is 446 g/mol. The van der Waals surface area contributed by atoms with E-state index in [1.54, 1.807) is 11.8 Å². The molecule has 2 aromatic rings. The van der Waals surface area contributed by atoms with E-state index in [0.717, 1.165) is 60.3 Å². The minimum atomic E-state index is 0.129. The fourth-order valence-electron chi connectivity index (χ4n) is 3.70. The number of halogens is 1. The normalized spacial score (nSPS) is 15.1. The van der Waals surface area contributed by atoms with E-state index >= 15 is 0 Å². The van der Waals surface area contributed by atoms with Crippen LogP contribution in [0.1, 0.15) is 30.9 Å². The average molecular weight is 447 g/mol. The molecular formula is C24H31ClN2O2S. The first kappa shape index (κ1) is 23.0. The van der Waals surface area contributed by atoms with Crippen LogP contribution in [0.3, 0.4) is 0 Å². The van der Waals surface area contributed by atoms with Gasteiger partial charge in [-0.1, -0.05) is 41.9 Å². The van der Waals surface area contributed by atoms with Crippen molar-refractivity contribution in [2.75, 3.05) is 32.0 Å². The molecule has 3 rings (SSSR count). The van der Waals surface area contributed by atoms with Crippen LogP contribution < -0.4 is 10.1 Å². The second kappa shape index (κ2) is 12.2. The maximum absolute atomic E-state index is 12.5. The number of hydrogen-bond acceptors (Lipinski definition) is 4. The molecule has 0 radical (unpaired) electrons. The smallest absolute Gasteiger partial charge is 0.223 e. The summed E-state index contributed by atoms with van der Waals surface area (Å²) in [5.41, 5.74) is 2.41. The lowest BCUT2D eigenvalue weighted by molar-refractivity contribution is -0.126. The maximum Gasteiger partial charge on any atom is 0.223 e. The van der Waals surface area contributed by atoms with Gasteiger partial charge in [-0.3, -0.25) is 9.69 Å². The van der Waals surface area contributed by atoms with Gasteiger partial charge in [-0.05, 0) is 62.2 Å². The van der Waals surface area contributed by atoms with Gasteiger partial charge in [-0.15, -0.1) is 0 Å². The molecule has 2 aromatic carbocycles. The Kier molecular flexibility index (Phi) is 9.37. The van der Waals surface area contributed by atoms with Gasteiger partial charge in [0.05, 0.1) is 6.61 Å². The maximum atomic E-state index is 12.5. The third-order valence-electron chi connectivity index (χ3n) is 5.34. The lowest BCUT2D eigenvalue weighted by Gasteiger charge is -2.31. The van der Waals surface area contributed by atoms with Gasteiger partial charge >= 0.3 is 0 Å². The molecule has 0 aliphatic carbocycles. The number of piperidine rings is 1. The molecule has 1 aliphatic rings. The van der Waals surface area contributed by atoms with Crippen molar-refractivity contribution in [1.29, 1.82) is 0 Å². The molecule has 1 saturated heterocycles. The molecule has 0 aromatic heterocycles. The van der Waals surface area contributed by atoms with Crippen molar-refractivity contribution < 1.29 is 9.53 Å². The Balaban J connectivity index is 1.32. The van der Waals surface area contributed by atoms with E-state index in [0.29, 0.717) is 13.2 Å². The van der Waals surface area contributed by atoms with Gasteiger partial charge in [-0.25, -0.2) is 0 Å². The molecule has 0 saturated carbocycles. The van der Waals surface area contributed by atoms with Crippen molar-refractivity contribution in [3.8, 4) is 5.75 Å². The Morgan fingerprint density at radius 2 is 2.00 bits per heavy atom. The number of rotatable bonds is 10. The summed E-state index contributed by atoms with van der Waals surface area (Å²) in [7, 11) is 0. The molecule has 1 heterocycles. The largest absolute Gasteiger partial charge is 0.494 e. The minimum Gasteiger partial charge on any atom is -0.494 e. The molecular weight excluding hydrogens is 416 g/mol. The quantitative estimate of drug-likeness (QED) is 0.521. The van der Waals surface area contributed by atoms with Gasteiger partial charge in [-0.2, -0.15) is 11.8 Å². The molecule has 1 N–H and O–H groups in total. The van der Waals surface area contributed by atoms with Crippen LogP contribution in [0.25, 0.3) is 0 Å². The van der Waals surface area contributed by atoms with Gasteiger partial charge in [0.2, 0.25) is 5.91 Å². The number of likely N-dealkylation sites (tertiary alicyclic amines) is 1. The molecule has 0 atom stereocenters. The van der Waals surface area contributed by atoms with E-state index in [4.69, 9.17) is 16.3 Å². The third kappa shape index (κ3) is 7.22. The fraction of sp³-hybridized carbons (Fsp3) is 0.458. The lowest BCUT2D eigenvalue weighted by Crippen LogP contribution is -2.40. The van der Waals surface area contributed by atoms with Crippen molar-refractivity contribution >= 4 is 29.3 Å². The van der Waals surface area contributed by atoms with Crippen molar-refractivity contribution in [3.05, 3.63) is 64.7 Å². The third-order valence-corrected chi connectivity index (χ3v) is 6.71. The number of nitrogens with zero attached hydrogens (tertiary/aromatic N) is 1. The molecule has 0 spiro atoms. The second-order valence-electron chi connectivity index (χ2n) is 7.57. The number of amides is 1. The summed E-state index contributed by atoms with van der Waals surface area (Å²) in [6.07, 6.45) is 1.84. The zero-order valence-electron chi connectivity index (χ0n) is 17.6. The highest BCUT2D eigenvalue weighted by atomic mass is 35.5. The first-order chi connectivity index (χ1) is 14.7. The summed E-state index contributed by atoms with van der Waals surface area (Å²) in [5, 5.41) is 3.92. The number of benzene rings is 2. The van der Waals surface area contributed by atoms with Gasteiger partial charge < -0.3 is 10.1 Å². The van der Waals surface area contributed by atoms with E-state index in [9.17, 15) is 4.79 Å². The SMILES string of the molecule is CCOc1cccc(CN2CCC(C(=O)NCCSCc3ccccc3Cl)CC2)c1. The van der Waals surface area contributed by atoms with Crippen LogP contribution in [-0.4, -0.2) is 42.8 Å². The molecule has 0 bridgehead atoms. The predicted octanol–water partition coefficient (Wildman–Crippen LogP) is 5.00. The summed E-state index contributed by atoms with van der Waals surface area (Å²) in [5.74, 6) is 3.03. The molecule has 4 nitrogen and oxygen atoms in total. The Hall–Kier alpha value is -1.69. The van der Waals surface area contributed by atoms with Crippen LogP contribution >= 0.6 is 23.4 Å². The average Bonchev–Trinajstić information content (AvgIpc) is 2.76. The summed E-state index contributed by atoms with van der Waals surface area (Å²) >= 11 is 7.98. The van der Waals surface area contributed by atoms with Crippen LogP contribution in [0.4, 0.5) is 0 Å². The van der Waals surface area contributed by atoms with Crippen LogP contribution in [0.2, 0.25) is 5.02 Å². The predicted molar refractivity (Wildman–Crippen MR) is 126 cm³/mol. The van der Waals surface area contributed by atoms with E-state index in [2.05, 4.69) is 28.4 Å². The Bertz CT molecular complexity index is 809. The summed E-state index contributed by atoms with van der Waals surface area (Å²) in [4.78, 5) is 14.9. The van der Waals surface area contributed by atoms with E-state index in [1.165, 1.54) is 5.56 Å². The van der Waals surface area contributed by atoms with Crippen LogP contribution in [0.15, 0.2) is 48.5 Å². The second-order valence-corrected chi connectivity index (χ2v) is 9.08. The van der Waals surface area contributed by atoms with Crippen molar-refractivity contribution in [3.63, 3.8) is 0 Å². The molecule has 1 aliphatic heterocycles. The minimum absolute atomic E-state index is 0.129. The Labute approximate surface area is 189 Å². The molecule has 1 amide bonds. The molecule has 1 fully saturated rings. The van der Waals surface area contributed by atoms with Crippen LogP contribution in [-0.2, 0) is 17.1 Å². The summed E-state index contributed by atoms with van der Waals surface area (Å²) in [6, 6.07) is 16.2. The number of hydrogen-bond donors (Lipinski definition) is 1. The zero-order chi connectivity index (χ0) is 21.2. The van der Waals surface area contributed by atoms with Crippen molar-refractivity contribution in [2.24, 2.45) is 5.92 Å². The van der Waals surface area contributed by atoms with Crippen molar-refractivity contribution in [1.82, 2.24) is 10.2 Å². The molecule has 30 heavy (non-hydrogen) atoms. The first-order valence-electron chi connectivity index (χ1n) is 10.7. The topological polar surface area (TPSA) is 41.6 Å². The molecule has 0 unspecified atom stereocenters. The highest BCUT2D eigenvalue weighted by Gasteiger charge is 2.24. The Morgan fingerprint density at radius 1 is 1.20 bits per heavy atom. The van der Waals surface area contributed by atoms with Gasteiger partial charge in [0.1, 0.15) is 5.75 Å². The zero-order valence-corrected chi connectivity index (χ0v) is 19.2. The first-order valence-corrected chi connectivity index (χ1v) is 12.2. The standard InChI is InChI=1S/C24H31ClN2O2S/c1-2-29-22-8-5-6-19(16-22)17-27-13-10-20(11-14-27)24(28)26-12-15-30-18-21-7-3-4-9-23(21)25/h3-9,16,20H,2,10-15,17-18H2,1H3,(H,26,28). The van der Waals surface area contributed by atoms with Crippen LogP contribution in [0, 0.1) is 5.92 Å². The highest BCUT2D eigenvalue weighted by Crippen LogP contribution is 2.22. The Morgan fingerprint density at radius 3 is 2.77 bits per heavy atom. The van der Waals surface area contributed by atoms with E-state index in [1.807, 2.05) is 37.3 Å². The number of carbonyl (C=O) groups is 1. The van der Waals surface area contributed by atoms with Gasteiger partial charge in [0.25, 0.3) is 0 Å². The van der Waals surface area contributed by atoms with Crippen LogP contribution in [0.5, 0.6) is 5.75 Å². The van der Waals surface area contributed by atoms with Crippen molar-refractivity contribution in [2.45, 2.75) is 32.1 Å². The summed E-state index contributed by atoms with van der Waals surface area (Å²) < 4.78 is 5.59. The van der Waals surface area contributed by atoms with Gasteiger partial charge in [0.15, 0.2) is 0 Å². The van der Waals surface area contributed by atoms with Gasteiger partial charge in [0, 0.05) is 35.5 Å². The number of thioether (sulfide) groups is 1. The number of carbonyl (C=O) groups excluding carboxylic acids is 1. The number of ether oxygens (including phenoxy) is 1.